The first kappa shape index (κ1) is 13.0. The van der Waals surface area contributed by atoms with E-state index in [4.69, 9.17) is 5.73 Å². The minimum absolute atomic E-state index is 0.155. The zero-order chi connectivity index (χ0) is 11.7. The van der Waals surface area contributed by atoms with Crippen LogP contribution >= 0.6 is 22.6 Å². The summed E-state index contributed by atoms with van der Waals surface area (Å²) >= 11 is 2.48. The molecule has 1 atom stereocenters. The van der Waals surface area contributed by atoms with Gasteiger partial charge in [-0.05, 0) is 34.1 Å². The molecule has 0 aliphatic rings. The van der Waals surface area contributed by atoms with Crippen LogP contribution in [0.5, 0.6) is 0 Å². The van der Waals surface area contributed by atoms with Gasteiger partial charge in [-0.1, -0.05) is 22.6 Å². The lowest BCUT2D eigenvalue weighted by molar-refractivity contribution is 0.319. The highest BCUT2D eigenvalue weighted by Crippen LogP contribution is 2.36. The van der Waals surface area contributed by atoms with Crippen LogP contribution < -0.4 is 5.73 Å². The molecule has 0 bridgehead atoms. The summed E-state index contributed by atoms with van der Waals surface area (Å²) in [6.07, 6.45) is 6.64. The van der Waals surface area contributed by atoms with Crippen molar-refractivity contribution in [3.8, 4) is 0 Å². The predicted molar refractivity (Wildman–Crippen MR) is 72.2 cm³/mol. The van der Waals surface area contributed by atoms with Crippen LogP contribution in [0.1, 0.15) is 40.2 Å². The van der Waals surface area contributed by atoms with Crippen molar-refractivity contribution in [2.75, 3.05) is 0 Å². The summed E-state index contributed by atoms with van der Waals surface area (Å²) in [7, 11) is 0. The van der Waals surface area contributed by atoms with Crippen molar-refractivity contribution in [2.45, 2.75) is 49.1 Å². The number of hydrogen-bond donors (Lipinski definition) is 1. The van der Waals surface area contributed by atoms with E-state index < -0.39 is 0 Å². The highest BCUT2D eigenvalue weighted by molar-refractivity contribution is 14.1. The van der Waals surface area contributed by atoms with E-state index in [1.165, 1.54) is 0 Å². The number of hydrogen-bond acceptors (Lipinski definition) is 2. The molecule has 0 saturated heterocycles. The molecule has 4 heteroatoms. The predicted octanol–water partition coefficient (Wildman–Crippen LogP) is 2.77. The van der Waals surface area contributed by atoms with Crippen LogP contribution in [0.25, 0.3) is 0 Å². The summed E-state index contributed by atoms with van der Waals surface area (Å²) in [6.45, 7) is 8.59. The van der Waals surface area contributed by atoms with Gasteiger partial charge >= 0.3 is 0 Å². The first-order chi connectivity index (χ1) is 6.70. The largest absolute Gasteiger partial charge is 0.333 e. The summed E-state index contributed by atoms with van der Waals surface area (Å²) in [5, 5.41) is 0. The molecule has 0 amide bonds. The highest BCUT2D eigenvalue weighted by atomic mass is 127. The number of rotatable bonds is 4. The maximum absolute atomic E-state index is 6.10. The third-order valence-electron chi connectivity index (χ3n) is 2.40. The first-order valence-electron chi connectivity index (χ1n) is 5.15. The lowest BCUT2D eigenvalue weighted by atomic mass is 9.90. The molecular formula is C11H20IN3. The smallest absolute Gasteiger partial charge is 0.0948 e. The van der Waals surface area contributed by atoms with Gasteiger partial charge in [0.2, 0.25) is 0 Å². The van der Waals surface area contributed by atoms with Crippen molar-refractivity contribution < 1.29 is 0 Å². The summed E-state index contributed by atoms with van der Waals surface area (Å²) in [6, 6.07) is 0.376. The Hall–Kier alpha value is -0.100. The molecule has 0 aromatic carbocycles. The van der Waals surface area contributed by atoms with Gasteiger partial charge in [-0.15, -0.1) is 0 Å². The van der Waals surface area contributed by atoms with Gasteiger partial charge in [-0.3, -0.25) is 0 Å². The van der Waals surface area contributed by atoms with E-state index in [-0.39, 0.29) is 8.96 Å². The SMILES string of the molecule is CC(C)(N)CC(n1ccnc1)C(C)(C)I. The van der Waals surface area contributed by atoms with Crippen LogP contribution in [0.3, 0.4) is 0 Å². The first-order valence-corrected chi connectivity index (χ1v) is 6.23. The summed E-state index contributed by atoms with van der Waals surface area (Å²) in [5.41, 5.74) is 5.95. The quantitative estimate of drug-likeness (QED) is 0.684. The summed E-state index contributed by atoms with van der Waals surface area (Å²) in [4.78, 5) is 4.11. The van der Waals surface area contributed by atoms with E-state index in [2.05, 4.69) is 59.8 Å². The average Bonchev–Trinajstić information content (AvgIpc) is 2.47. The van der Waals surface area contributed by atoms with Crippen LogP contribution in [0.4, 0.5) is 0 Å². The monoisotopic (exact) mass is 321 g/mol. The van der Waals surface area contributed by atoms with Gasteiger partial charge < -0.3 is 10.3 Å². The zero-order valence-electron chi connectivity index (χ0n) is 9.87. The van der Waals surface area contributed by atoms with E-state index >= 15 is 0 Å². The van der Waals surface area contributed by atoms with Gasteiger partial charge in [0.15, 0.2) is 0 Å². The topological polar surface area (TPSA) is 43.8 Å². The number of nitrogens with two attached hydrogens (primary N) is 1. The molecule has 1 aromatic rings. The third kappa shape index (κ3) is 4.10. The second-order valence-corrected chi connectivity index (χ2v) is 8.06. The van der Waals surface area contributed by atoms with Crippen LogP contribution in [0.15, 0.2) is 18.7 Å². The van der Waals surface area contributed by atoms with E-state index in [0.29, 0.717) is 6.04 Å². The molecule has 0 radical (unpaired) electrons. The van der Waals surface area contributed by atoms with E-state index in [9.17, 15) is 0 Å². The van der Waals surface area contributed by atoms with E-state index in [0.717, 1.165) is 6.42 Å². The minimum atomic E-state index is -0.155. The molecule has 0 aliphatic heterocycles. The van der Waals surface area contributed by atoms with Crippen molar-refractivity contribution in [1.82, 2.24) is 9.55 Å². The second-order valence-electron chi connectivity index (χ2n) is 5.28. The molecule has 1 heterocycles. The van der Waals surface area contributed by atoms with Gasteiger partial charge in [-0.25, -0.2) is 4.98 Å². The molecule has 0 fully saturated rings. The standard InChI is InChI=1S/C11H20IN3/c1-10(2,13)7-9(11(3,4)12)15-6-5-14-8-15/h5-6,8-9H,7,13H2,1-4H3. The van der Waals surface area contributed by atoms with Crippen molar-refractivity contribution in [3.63, 3.8) is 0 Å². The van der Waals surface area contributed by atoms with Crippen LogP contribution in [-0.4, -0.2) is 18.5 Å². The van der Waals surface area contributed by atoms with Crippen LogP contribution in [0, 0.1) is 0 Å². The van der Waals surface area contributed by atoms with E-state index in [1.807, 2.05) is 18.7 Å². The minimum Gasteiger partial charge on any atom is -0.333 e. The Balaban J connectivity index is 2.90. The fourth-order valence-corrected chi connectivity index (χ4v) is 2.20. The van der Waals surface area contributed by atoms with Crippen molar-refractivity contribution >= 4 is 22.6 Å². The zero-order valence-corrected chi connectivity index (χ0v) is 12.0. The van der Waals surface area contributed by atoms with Crippen molar-refractivity contribution in [2.24, 2.45) is 5.73 Å². The average molecular weight is 321 g/mol. The molecule has 1 unspecified atom stereocenters. The molecule has 2 N–H and O–H groups in total. The molecule has 1 rings (SSSR count). The summed E-state index contributed by atoms with van der Waals surface area (Å²) in [5.74, 6) is 0. The van der Waals surface area contributed by atoms with Gasteiger partial charge in [0, 0.05) is 21.4 Å². The Morgan fingerprint density at radius 1 is 1.40 bits per heavy atom. The fourth-order valence-electron chi connectivity index (χ4n) is 1.65. The third-order valence-corrected chi connectivity index (χ3v) is 3.12. The van der Waals surface area contributed by atoms with E-state index in [1.54, 1.807) is 0 Å². The molecule has 3 nitrogen and oxygen atoms in total. The Morgan fingerprint density at radius 3 is 2.33 bits per heavy atom. The lowest BCUT2D eigenvalue weighted by Crippen LogP contribution is -2.39. The van der Waals surface area contributed by atoms with Gasteiger partial charge in [0.1, 0.15) is 0 Å². The summed E-state index contributed by atoms with van der Waals surface area (Å²) < 4.78 is 2.32. The number of nitrogens with zero attached hydrogens (tertiary/aromatic N) is 2. The Morgan fingerprint density at radius 2 is 2.00 bits per heavy atom. The van der Waals surface area contributed by atoms with Gasteiger partial charge in [-0.2, -0.15) is 0 Å². The maximum Gasteiger partial charge on any atom is 0.0948 e. The number of alkyl halides is 1. The highest BCUT2D eigenvalue weighted by Gasteiger charge is 2.31. The number of halogens is 1. The Labute approximate surface area is 106 Å². The Kier molecular flexibility index (Phi) is 3.81. The van der Waals surface area contributed by atoms with Crippen LogP contribution in [-0.2, 0) is 0 Å². The van der Waals surface area contributed by atoms with Crippen molar-refractivity contribution in [3.05, 3.63) is 18.7 Å². The molecular weight excluding hydrogens is 301 g/mol. The fraction of sp³-hybridized carbons (Fsp3) is 0.727. The molecule has 15 heavy (non-hydrogen) atoms. The Bertz CT molecular complexity index is 293. The van der Waals surface area contributed by atoms with Crippen molar-refractivity contribution in [1.29, 1.82) is 0 Å². The molecule has 1 aromatic heterocycles. The number of aromatic nitrogens is 2. The molecule has 0 aliphatic carbocycles. The molecule has 86 valence electrons. The molecule has 0 spiro atoms. The normalized spacial score (nSPS) is 15.3. The van der Waals surface area contributed by atoms with Gasteiger partial charge in [0.05, 0.1) is 12.4 Å². The molecule has 0 saturated carbocycles. The second kappa shape index (κ2) is 4.41. The maximum atomic E-state index is 6.10. The lowest BCUT2D eigenvalue weighted by Gasteiger charge is -2.35. The van der Waals surface area contributed by atoms with Crippen LogP contribution in [0.2, 0.25) is 0 Å². The van der Waals surface area contributed by atoms with Gasteiger partial charge in [0.25, 0.3) is 0 Å². The number of imidazole rings is 1.